The Labute approximate surface area is 353 Å². The molecule has 0 saturated carbocycles. The van der Waals surface area contributed by atoms with Crippen LogP contribution in [0.15, 0.2) is 235 Å². The van der Waals surface area contributed by atoms with Gasteiger partial charge in [-0.1, -0.05) is 170 Å². The first-order valence-corrected chi connectivity index (χ1v) is 20.8. The van der Waals surface area contributed by atoms with E-state index in [-0.39, 0.29) is 0 Å². The zero-order valence-corrected chi connectivity index (χ0v) is 33.2. The lowest BCUT2D eigenvalue weighted by atomic mass is 9.97. The van der Waals surface area contributed by atoms with Crippen LogP contribution in [-0.4, -0.2) is 4.57 Å². The molecule has 0 atom stereocenters. The Kier molecular flexibility index (Phi) is 8.17. The van der Waals surface area contributed by atoms with Gasteiger partial charge in [-0.3, -0.25) is 0 Å². The van der Waals surface area contributed by atoms with Gasteiger partial charge in [-0.25, -0.2) is 0 Å². The van der Waals surface area contributed by atoms with Crippen LogP contribution in [0.4, 0.5) is 17.1 Å². The Hall–Kier alpha value is -8.14. The smallest absolute Gasteiger partial charge is 0.145 e. The first kappa shape index (κ1) is 34.9. The fraction of sp³-hybridized carbons (Fsp3) is 0. The van der Waals surface area contributed by atoms with Crippen molar-refractivity contribution in [3.63, 3.8) is 0 Å². The molecule has 10 aromatic carbocycles. The van der Waals surface area contributed by atoms with Crippen LogP contribution in [-0.2, 0) is 0 Å². The minimum Gasteiger partial charge on any atom is -0.455 e. The summed E-state index contributed by atoms with van der Waals surface area (Å²) in [5, 5.41) is 7.08. The molecule has 0 aliphatic carbocycles. The van der Waals surface area contributed by atoms with Gasteiger partial charge in [0.2, 0.25) is 0 Å². The zero-order chi connectivity index (χ0) is 40.3. The SMILES string of the molecule is c1ccc(-c2ccc(N(c3ccc(-c4cccc5ccccc45)cc3)c3ccc(-c4ccccc4-n4c5ccccc5c5ccccc54)c4oc5ccccc5c34)cc2)cc1. The van der Waals surface area contributed by atoms with Gasteiger partial charge >= 0.3 is 0 Å². The van der Waals surface area contributed by atoms with Crippen LogP contribution in [0, 0.1) is 0 Å². The van der Waals surface area contributed by atoms with Crippen LogP contribution in [0.1, 0.15) is 0 Å². The summed E-state index contributed by atoms with van der Waals surface area (Å²) in [5.41, 5.74) is 15.2. The number of para-hydroxylation sites is 4. The molecule has 12 rings (SSSR count). The predicted octanol–water partition coefficient (Wildman–Crippen LogP) is 16.3. The standard InChI is InChI=1S/C58H38N2O/c1-2-15-39(16-3-1)40-29-33-43(34-30-40)59(44-35-31-42(32-36-44)46-24-14-18-41-17-4-5-19-45(41)46)55-38-37-50(58-57(55)51-23-9-13-28-56(51)61-58)49-22-8-12-27-54(49)60-52-25-10-6-20-47(52)48-21-7-11-26-53(48)60/h1-38H. The molecular weight excluding hydrogens is 741 g/mol. The number of aromatic nitrogens is 1. The molecule has 286 valence electrons. The van der Waals surface area contributed by atoms with Gasteiger partial charge in [0, 0.05) is 38.7 Å². The van der Waals surface area contributed by atoms with Crippen molar-refractivity contribution in [2.24, 2.45) is 0 Å². The maximum absolute atomic E-state index is 7.01. The Morgan fingerprint density at radius 3 is 1.62 bits per heavy atom. The molecular formula is C58H38N2O. The average molecular weight is 779 g/mol. The number of fused-ring (bicyclic) bond motifs is 7. The first-order chi connectivity index (χ1) is 30.3. The summed E-state index contributed by atoms with van der Waals surface area (Å²) >= 11 is 0. The minimum absolute atomic E-state index is 0.852. The molecule has 3 nitrogen and oxygen atoms in total. The third-order valence-corrected chi connectivity index (χ3v) is 12.2. The second-order valence-electron chi connectivity index (χ2n) is 15.6. The van der Waals surface area contributed by atoms with Crippen molar-refractivity contribution in [2.45, 2.75) is 0 Å². The molecule has 0 saturated heterocycles. The summed E-state index contributed by atoms with van der Waals surface area (Å²) in [6.45, 7) is 0. The van der Waals surface area contributed by atoms with Crippen molar-refractivity contribution in [1.29, 1.82) is 0 Å². The summed E-state index contributed by atoms with van der Waals surface area (Å²) < 4.78 is 9.41. The molecule has 0 spiro atoms. The van der Waals surface area contributed by atoms with Gasteiger partial charge in [0.15, 0.2) is 0 Å². The maximum atomic E-state index is 7.01. The fourth-order valence-electron chi connectivity index (χ4n) is 9.42. The molecule has 0 bridgehead atoms. The zero-order valence-electron chi connectivity index (χ0n) is 33.2. The van der Waals surface area contributed by atoms with E-state index in [0.717, 1.165) is 55.8 Å². The van der Waals surface area contributed by atoms with Crippen molar-refractivity contribution in [1.82, 2.24) is 4.57 Å². The Morgan fingerprint density at radius 2 is 0.885 bits per heavy atom. The van der Waals surface area contributed by atoms with Crippen molar-refractivity contribution in [2.75, 3.05) is 4.90 Å². The van der Waals surface area contributed by atoms with Crippen molar-refractivity contribution < 1.29 is 4.42 Å². The molecule has 0 aliphatic rings. The molecule has 0 amide bonds. The van der Waals surface area contributed by atoms with Gasteiger partial charge in [0.25, 0.3) is 0 Å². The second-order valence-corrected chi connectivity index (χ2v) is 15.6. The van der Waals surface area contributed by atoms with Crippen LogP contribution >= 0.6 is 0 Å². The van der Waals surface area contributed by atoms with E-state index >= 15 is 0 Å². The molecule has 61 heavy (non-hydrogen) atoms. The van der Waals surface area contributed by atoms with Crippen molar-refractivity contribution in [3.05, 3.63) is 231 Å². The number of benzene rings is 10. The number of hydrogen-bond donors (Lipinski definition) is 0. The third-order valence-electron chi connectivity index (χ3n) is 12.2. The number of hydrogen-bond acceptors (Lipinski definition) is 2. The third kappa shape index (κ3) is 5.74. The quantitative estimate of drug-likeness (QED) is 0.161. The van der Waals surface area contributed by atoms with Gasteiger partial charge in [-0.05, 0) is 93.7 Å². The van der Waals surface area contributed by atoms with Crippen molar-refractivity contribution >= 4 is 71.6 Å². The second kappa shape index (κ2) is 14.3. The van der Waals surface area contributed by atoms with Crippen LogP contribution in [0.25, 0.3) is 93.6 Å². The largest absolute Gasteiger partial charge is 0.455 e. The molecule has 2 heterocycles. The highest BCUT2D eigenvalue weighted by Gasteiger charge is 2.24. The van der Waals surface area contributed by atoms with E-state index in [1.54, 1.807) is 0 Å². The van der Waals surface area contributed by atoms with Crippen LogP contribution < -0.4 is 4.90 Å². The van der Waals surface area contributed by atoms with E-state index in [9.17, 15) is 0 Å². The molecule has 0 aliphatic heterocycles. The van der Waals surface area contributed by atoms with Crippen LogP contribution in [0.2, 0.25) is 0 Å². The summed E-state index contributed by atoms with van der Waals surface area (Å²) in [5.74, 6) is 0. The summed E-state index contributed by atoms with van der Waals surface area (Å²) in [6, 6.07) is 82.7. The number of furan rings is 1. The topological polar surface area (TPSA) is 21.3 Å². The van der Waals surface area contributed by atoms with E-state index in [4.69, 9.17) is 4.42 Å². The predicted molar refractivity (Wildman–Crippen MR) is 257 cm³/mol. The Bertz CT molecular complexity index is 3520. The van der Waals surface area contributed by atoms with Gasteiger partial charge in [0.05, 0.1) is 27.8 Å². The summed E-state index contributed by atoms with van der Waals surface area (Å²) in [4.78, 5) is 2.38. The minimum atomic E-state index is 0.852. The Balaban J connectivity index is 1.08. The average Bonchev–Trinajstić information content (AvgIpc) is 3.89. The molecule has 0 radical (unpaired) electrons. The monoisotopic (exact) mass is 778 g/mol. The number of nitrogens with zero attached hydrogens (tertiary/aromatic N) is 2. The summed E-state index contributed by atoms with van der Waals surface area (Å²) in [7, 11) is 0. The number of anilines is 3. The van der Waals surface area contributed by atoms with Crippen LogP contribution in [0.3, 0.4) is 0 Å². The normalized spacial score (nSPS) is 11.6. The van der Waals surface area contributed by atoms with E-state index in [2.05, 4.69) is 240 Å². The van der Waals surface area contributed by atoms with Gasteiger partial charge in [-0.15, -0.1) is 0 Å². The number of rotatable bonds is 7. The van der Waals surface area contributed by atoms with E-state index in [1.807, 2.05) is 0 Å². The highest BCUT2D eigenvalue weighted by Crippen LogP contribution is 2.48. The highest BCUT2D eigenvalue weighted by molar-refractivity contribution is 6.18. The van der Waals surface area contributed by atoms with Gasteiger partial charge in [0.1, 0.15) is 11.2 Å². The molecule has 0 unspecified atom stereocenters. The lowest BCUT2D eigenvalue weighted by Crippen LogP contribution is -2.10. The van der Waals surface area contributed by atoms with Crippen molar-refractivity contribution in [3.8, 4) is 39.1 Å². The van der Waals surface area contributed by atoms with Gasteiger partial charge < -0.3 is 13.9 Å². The molecule has 0 fully saturated rings. The summed E-state index contributed by atoms with van der Waals surface area (Å²) in [6.07, 6.45) is 0. The fourth-order valence-corrected chi connectivity index (χ4v) is 9.42. The van der Waals surface area contributed by atoms with E-state index in [0.29, 0.717) is 0 Å². The van der Waals surface area contributed by atoms with Gasteiger partial charge in [-0.2, -0.15) is 0 Å². The highest BCUT2D eigenvalue weighted by atomic mass is 16.3. The maximum Gasteiger partial charge on any atom is 0.145 e. The molecule has 2 aromatic heterocycles. The lowest BCUT2D eigenvalue weighted by Gasteiger charge is -2.27. The molecule has 12 aromatic rings. The van der Waals surface area contributed by atoms with E-state index in [1.165, 1.54) is 54.8 Å². The lowest BCUT2D eigenvalue weighted by molar-refractivity contribution is 0.670. The first-order valence-electron chi connectivity index (χ1n) is 20.8. The van der Waals surface area contributed by atoms with E-state index < -0.39 is 0 Å². The van der Waals surface area contributed by atoms with Crippen LogP contribution in [0.5, 0.6) is 0 Å². The molecule has 0 N–H and O–H groups in total. The molecule has 3 heteroatoms. The Morgan fingerprint density at radius 1 is 0.344 bits per heavy atom.